The van der Waals surface area contributed by atoms with E-state index in [1.165, 1.54) is 9.44 Å². The molecule has 2 aromatic heterocycles. The van der Waals surface area contributed by atoms with E-state index in [0.29, 0.717) is 18.2 Å². The van der Waals surface area contributed by atoms with Gasteiger partial charge in [-0.3, -0.25) is 9.36 Å². The fraction of sp³-hybridized carbons (Fsp3) is 0.391. The van der Waals surface area contributed by atoms with Crippen LogP contribution in [0.2, 0.25) is 0 Å². The van der Waals surface area contributed by atoms with Gasteiger partial charge in [-0.05, 0) is 48.3 Å². The second-order valence-electron chi connectivity index (χ2n) is 8.65. The average Bonchev–Trinajstić information content (AvgIpc) is 3.04. The maximum atomic E-state index is 13.4. The first-order valence-electron chi connectivity index (χ1n) is 9.79. The lowest BCUT2D eigenvalue weighted by molar-refractivity contribution is 0.218. The summed E-state index contributed by atoms with van der Waals surface area (Å²) in [5.41, 5.74) is 1.50. The molecule has 1 unspecified atom stereocenters. The Morgan fingerprint density at radius 3 is 2.57 bits per heavy atom. The fourth-order valence-electron chi connectivity index (χ4n) is 4.22. The monoisotopic (exact) mass is 394 g/mol. The highest BCUT2D eigenvalue weighted by atomic mass is 32.1. The van der Waals surface area contributed by atoms with Gasteiger partial charge in [0, 0.05) is 11.4 Å². The predicted octanol–water partition coefficient (Wildman–Crippen LogP) is 4.55. The molecule has 1 aliphatic rings. The van der Waals surface area contributed by atoms with Gasteiger partial charge in [-0.15, -0.1) is 17.9 Å². The first kappa shape index (κ1) is 18.9. The third kappa shape index (κ3) is 2.98. The Bertz CT molecular complexity index is 1160. The standard InChI is InChI=1S/C23H26N2O2S/c1-5-13-24-21-19(17-12-11-15(23(2,3)4)14-18(17)28-21)20(26)25(22(24)27)16-9-7-6-8-10-16/h5-10,15H,1,11-14H2,2-4H3. The molecule has 0 spiro atoms. The quantitative estimate of drug-likeness (QED) is 0.612. The summed E-state index contributed by atoms with van der Waals surface area (Å²) >= 11 is 1.62. The predicted molar refractivity (Wildman–Crippen MR) is 117 cm³/mol. The molecule has 0 fully saturated rings. The van der Waals surface area contributed by atoms with Gasteiger partial charge < -0.3 is 0 Å². The van der Waals surface area contributed by atoms with E-state index in [1.807, 2.05) is 18.2 Å². The summed E-state index contributed by atoms with van der Waals surface area (Å²) in [6, 6.07) is 9.19. The van der Waals surface area contributed by atoms with Crippen LogP contribution in [0.25, 0.3) is 15.9 Å². The topological polar surface area (TPSA) is 44.0 Å². The summed E-state index contributed by atoms with van der Waals surface area (Å²) in [5, 5.41) is 0.720. The second-order valence-corrected chi connectivity index (χ2v) is 9.73. The summed E-state index contributed by atoms with van der Waals surface area (Å²) in [6.45, 7) is 11.1. The zero-order valence-electron chi connectivity index (χ0n) is 16.7. The minimum Gasteiger partial charge on any atom is -0.280 e. The van der Waals surface area contributed by atoms with Gasteiger partial charge in [0.2, 0.25) is 0 Å². The number of allylic oxidation sites excluding steroid dienone is 1. The van der Waals surface area contributed by atoms with Gasteiger partial charge in [-0.1, -0.05) is 45.0 Å². The van der Waals surface area contributed by atoms with Gasteiger partial charge in [0.25, 0.3) is 5.56 Å². The molecule has 1 aromatic carbocycles. The Morgan fingerprint density at radius 1 is 1.21 bits per heavy atom. The van der Waals surface area contributed by atoms with Gasteiger partial charge in [0.05, 0.1) is 11.1 Å². The lowest BCUT2D eigenvalue weighted by Gasteiger charge is -2.33. The van der Waals surface area contributed by atoms with Gasteiger partial charge in [0.1, 0.15) is 4.83 Å². The first-order chi connectivity index (χ1) is 13.3. The maximum absolute atomic E-state index is 13.4. The van der Waals surface area contributed by atoms with Crippen molar-refractivity contribution in [2.75, 3.05) is 0 Å². The SMILES string of the molecule is C=CCn1c(=O)n(-c2ccccc2)c(=O)c2c3c(sc21)CC(C(C)(C)C)CC3. The van der Waals surface area contributed by atoms with Crippen molar-refractivity contribution in [3.8, 4) is 5.69 Å². The lowest BCUT2D eigenvalue weighted by Crippen LogP contribution is -2.38. The van der Waals surface area contributed by atoms with E-state index in [4.69, 9.17) is 0 Å². The maximum Gasteiger partial charge on any atom is 0.337 e. The van der Waals surface area contributed by atoms with E-state index in [0.717, 1.165) is 35.0 Å². The van der Waals surface area contributed by atoms with Gasteiger partial charge >= 0.3 is 5.69 Å². The number of thiophene rings is 1. The molecule has 0 radical (unpaired) electrons. The summed E-state index contributed by atoms with van der Waals surface area (Å²) in [5.74, 6) is 0.587. The highest BCUT2D eigenvalue weighted by molar-refractivity contribution is 7.18. The molecule has 0 aliphatic heterocycles. The highest BCUT2D eigenvalue weighted by Gasteiger charge is 2.32. The van der Waals surface area contributed by atoms with Crippen molar-refractivity contribution in [1.29, 1.82) is 0 Å². The summed E-state index contributed by atoms with van der Waals surface area (Å²) < 4.78 is 3.01. The van der Waals surface area contributed by atoms with Gasteiger partial charge in [-0.2, -0.15) is 0 Å². The number of para-hydroxylation sites is 1. The van der Waals surface area contributed by atoms with Crippen LogP contribution in [0.4, 0.5) is 0 Å². The van der Waals surface area contributed by atoms with Gasteiger partial charge in [0.15, 0.2) is 0 Å². The smallest absolute Gasteiger partial charge is 0.280 e. The third-order valence-electron chi connectivity index (χ3n) is 5.88. The van der Waals surface area contributed by atoms with E-state index in [-0.39, 0.29) is 16.7 Å². The molecular formula is C23H26N2O2S. The molecule has 2 heterocycles. The van der Waals surface area contributed by atoms with Crippen LogP contribution in [0.3, 0.4) is 0 Å². The number of rotatable bonds is 3. The van der Waals surface area contributed by atoms with Crippen molar-refractivity contribution >= 4 is 21.6 Å². The van der Waals surface area contributed by atoms with Crippen LogP contribution in [0.15, 0.2) is 52.6 Å². The number of aromatic nitrogens is 2. The van der Waals surface area contributed by atoms with E-state index in [2.05, 4.69) is 27.4 Å². The largest absolute Gasteiger partial charge is 0.337 e. The van der Waals surface area contributed by atoms with E-state index < -0.39 is 0 Å². The van der Waals surface area contributed by atoms with Crippen molar-refractivity contribution < 1.29 is 0 Å². The first-order valence-corrected chi connectivity index (χ1v) is 10.6. The van der Waals surface area contributed by atoms with E-state index >= 15 is 0 Å². The number of aryl methyl sites for hydroxylation is 1. The Hall–Kier alpha value is -2.40. The molecule has 5 heteroatoms. The summed E-state index contributed by atoms with van der Waals surface area (Å²) in [6.07, 6.45) is 4.67. The summed E-state index contributed by atoms with van der Waals surface area (Å²) in [4.78, 5) is 28.7. The Balaban J connectivity index is 2.02. The molecule has 146 valence electrons. The number of hydrogen-bond donors (Lipinski definition) is 0. The second kappa shape index (κ2) is 6.89. The Labute approximate surface area is 168 Å². The van der Waals surface area contributed by atoms with Crippen molar-refractivity contribution in [2.45, 2.75) is 46.6 Å². The van der Waals surface area contributed by atoms with Crippen LogP contribution in [0, 0.1) is 11.3 Å². The molecule has 4 rings (SSSR count). The number of benzene rings is 1. The fourth-order valence-corrected chi connectivity index (χ4v) is 5.64. The van der Waals surface area contributed by atoms with Gasteiger partial charge in [-0.25, -0.2) is 9.36 Å². The van der Waals surface area contributed by atoms with Crippen LogP contribution in [0.1, 0.15) is 37.6 Å². The molecule has 28 heavy (non-hydrogen) atoms. The summed E-state index contributed by atoms with van der Waals surface area (Å²) in [7, 11) is 0. The molecule has 0 N–H and O–H groups in total. The molecule has 0 amide bonds. The van der Waals surface area contributed by atoms with E-state index in [9.17, 15) is 9.59 Å². The molecule has 1 atom stereocenters. The minimum atomic E-state index is -0.297. The number of nitrogens with zero attached hydrogens (tertiary/aromatic N) is 2. The van der Waals surface area contributed by atoms with E-state index in [1.54, 1.807) is 34.1 Å². The van der Waals surface area contributed by atoms with Crippen LogP contribution in [-0.2, 0) is 19.4 Å². The highest BCUT2D eigenvalue weighted by Crippen LogP contribution is 2.42. The average molecular weight is 395 g/mol. The van der Waals surface area contributed by atoms with Crippen molar-refractivity contribution in [3.63, 3.8) is 0 Å². The minimum absolute atomic E-state index is 0.196. The molecule has 0 saturated carbocycles. The molecule has 3 aromatic rings. The van der Waals surface area contributed by atoms with Crippen LogP contribution in [-0.4, -0.2) is 9.13 Å². The molecule has 4 nitrogen and oxygen atoms in total. The normalized spacial score (nSPS) is 16.9. The molecular weight excluding hydrogens is 368 g/mol. The van der Waals surface area contributed by atoms with Crippen molar-refractivity contribution in [2.24, 2.45) is 11.3 Å². The Morgan fingerprint density at radius 2 is 1.93 bits per heavy atom. The molecule has 0 bridgehead atoms. The Kier molecular flexibility index (Phi) is 4.66. The van der Waals surface area contributed by atoms with Crippen LogP contribution < -0.4 is 11.2 Å². The van der Waals surface area contributed by atoms with Crippen LogP contribution in [0.5, 0.6) is 0 Å². The zero-order chi connectivity index (χ0) is 20.1. The molecule has 1 aliphatic carbocycles. The molecule has 0 saturated heterocycles. The van der Waals surface area contributed by atoms with Crippen molar-refractivity contribution in [3.05, 3.63) is 74.3 Å². The zero-order valence-corrected chi connectivity index (χ0v) is 17.5. The number of hydrogen-bond acceptors (Lipinski definition) is 3. The third-order valence-corrected chi connectivity index (χ3v) is 7.16. The van der Waals surface area contributed by atoms with Crippen LogP contribution >= 0.6 is 11.3 Å². The van der Waals surface area contributed by atoms with Crippen molar-refractivity contribution in [1.82, 2.24) is 9.13 Å². The lowest BCUT2D eigenvalue weighted by atomic mass is 9.72. The number of fused-ring (bicyclic) bond motifs is 3.